The van der Waals surface area contributed by atoms with E-state index >= 15 is 0 Å². The van der Waals surface area contributed by atoms with Gasteiger partial charge in [0.15, 0.2) is 5.15 Å². The molecular formula is C17H20ClF2N4O2S+. The highest BCUT2D eigenvalue weighted by atomic mass is 35.5. The molecule has 0 aromatic carbocycles. The molecule has 0 spiro atoms. The van der Waals surface area contributed by atoms with E-state index in [1.165, 1.54) is 33.7 Å². The molecule has 1 unspecified atom stereocenters. The summed E-state index contributed by atoms with van der Waals surface area (Å²) in [4.78, 5) is 14.1. The maximum absolute atomic E-state index is 12.9. The predicted molar refractivity (Wildman–Crippen MR) is 99.0 cm³/mol. The van der Waals surface area contributed by atoms with Crippen LogP contribution in [0.1, 0.15) is 19.8 Å². The number of anilines is 1. The summed E-state index contributed by atoms with van der Waals surface area (Å²) < 4.78 is 28.1. The summed E-state index contributed by atoms with van der Waals surface area (Å²) in [5.74, 6) is -2.34. The van der Waals surface area contributed by atoms with Gasteiger partial charge in [-0.05, 0) is 13.0 Å². The third kappa shape index (κ3) is 4.70. The number of hydrogen-bond donors (Lipinski definition) is 1. The normalized spacial score (nSPS) is 17.7. The molecule has 1 atom stereocenters. The van der Waals surface area contributed by atoms with E-state index in [4.69, 9.17) is 11.6 Å². The van der Waals surface area contributed by atoms with Gasteiger partial charge in [-0.2, -0.15) is 16.9 Å². The van der Waals surface area contributed by atoms with Crippen LogP contribution in [-0.2, 0) is 4.79 Å². The SMILES string of the molecule is CCN(C(=O)CCSCC1CC1(F)F)c1cn(-c2ccc[n+](O)c2)nc1Cl. The van der Waals surface area contributed by atoms with E-state index in [0.29, 0.717) is 29.4 Å². The first-order chi connectivity index (χ1) is 12.8. The monoisotopic (exact) mass is 417 g/mol. The molecule has 1 N–H and O–H groups in total. The standard InChI is InChI=1S/C17H20ClF2N4O2S/c1-2-23(15(25)5-7-27-11-12-8-17(12,19)20)14-10-24(21-16(14)18)13-4-3-6-22(26)9-13/h3-4,6,9-10,12,26H,2,5,7-8,11H2,1H3/q+1. The number of carbonyl (C=O) groups is 1. The van der Waals surface area contributed by atoms with Gasteiger partial charge in [-0.25, -0.2) is 13.5 Å². The molecule has 3 rings (SSSR count). The fraction of sp³-hybridized carbons (Fsp3) is 0.471. The average molecular weight is 418 g/mol. The van der Waals surface area contributed by atoms with Crippen LogP contribution in [0.2, 0.25) is 5.15 Å². The smallest absolute Gasteiger partial charge is 0.252 e. The highest BCUT2D eigenvalue weighted by molar-refractivity contribution is 7.99. The lowest BCUT2D eigenvalue weighted by molar-refractivity contribution is -0.904. The lowest BCUT2D eigenvalue weighted by Gasteiger charge is -2.19. The molecule has 1 fully saturated rings. The highest BCUT2D eigenvalue weighted by Gasteiger charge is 2.56. The van der Waals surface area contributed by atoms with Crippen molar-refractivity contribution in [2.24, 2.45) is 5.92 Å². The van der Waals surface area contributed by atoms with Crippen molar-refractivity contribution in [2.75, 3.05) is 23.0 Å². The molecule has 6 nitrogen and oxygen atoms in total. The van der Waals surface area contributed by atoms with Crippen molar-refractivity contribution in [3.63, 3.8) is 0 Å². The molecule has 0 bridgehead atoms. The first-order valence-corrected chi connectivity index (χ1v) is 10.1. The molecule has 0 radical (unpaired) electrons. The number of alkyl halides is 2. The zero-order chi connectivity index (χ0) is 19.6. The molecule has 27 heavy (non-hydrogen) atoms. The Labute approximate surface area is 164 Å². The van der Waals surface area contributed by atoms with Crippen LogP contribution in [0.25, 0.3) is 5.69 Å². The maximum atomic E-state index is 12.9. The van der Waals surface area contributed by atoms with Gasteiger partial charge in [0, 0.05) is 47.6 Å². The minimum absolute atomic E-state index is 0.0445. The van der Waals surface area contributed by atoms with E-state index in [1.54, 1.807) is 18.3 Å². The van der Waals surface area contributed by atoms with E-state index < -0.39 is 11.8 Å². The van der Waals surface area contributed by atoms with Crippen LogP contribution >= 0.6 is 23.4 Å². The van der Waals surface area contributed by atoms with Crippen LogP contribution in [0.4, 0.5) is 14.5 Å². The van der Waals surface area contributed by atoms with Crippen molar-refractivity contribution in [1.82, 2.24) is 9.78 Å². The van der Waals surface area contributed by atoms with Gasteiger partial charge in [-0.15, -0.1) is 0 Å². The minimum Gasteiger partial charge on any atom is -0.308 e. The number of aromatic nitrogens is 3. The minimum atomic E-state index is -2.52. The second kappa shape index (κ2) is 8.02. The van der Waals surface area contributed by atoms with Crippen molar-refractivity contribution < 1.29 is 23.5 Å². The number of amides is 1. The van der Waals surface area contributed by atoms with Crippen LogP contribution in [0.3, 0.4) is 0 Å². The van der Waals surface area contributed by atoms with E-state index in [9.17, 15) is 18.8 Å². The summed E-state index contributed by atoms with van der Waals surface area (Å²) in [6.07, 6.45) is 4.73. The summed E-state index contributed by atoms with van der Waals surface area (Å²) in [5, 5.41) is 13.9. The number of pyridine rings is 1. The zero-order valence-corrected chi connectivity index (χ0v) is 16.3. The Hall–Kier alpha value is -1.87. The van der Waals surface area contributed by atoms with Gasteiger partial charge in [0.25, 0.3) is 5.92 Å². The quantitative estimate of drug-likeness (QED) is 0.407. The summed E-state index contributed by atoms with van der Waals surface area (Å²) in [7, 11) is 0. The first kappa shape index (κ1) is 19.9. The van der Waals surface area contributed by atoms with Crippen molar-refractivity contribution >= 4 is 35.0 Å². The number of thioether (sulfide) groups is 1. The van der Waals surface area contributed by atoms with E-state index in [0.717, 1.165) is 4.73 Å². The molecule has 1 saturated carbocycles. The molecule has 2 heterocycles. The van der Waals surface area contributed by atoms with Gasteiger partial charge < -0.3 is 4.90 Å². The number of carbonyl (C=O) groups excluding carboxylic acids is 1. The van der Waals surface area contributed by atoms with E-state index in [2.05, 4.69) is 5.10 Å². The summed E-state index contributed by atoms with van der Waals surface area (Å²) in [6, 6.07) is 3.39. The van der Waals surface area contributed by atoms with Gasteiger partial charge >= 0.3 is 0 Å². The lowest BCUT2D eigenvalue weighted by atomic mass is 10.3. The summed E-state index contributed by atoms with van der Waals surface area (Å²) in [5.41, 5.74) is 1.05. The lowest BCUT2D eigenvalue weighted by Crippen LogP contribution is -2.31. The van der Waals surface area contributed by atoms with Crippen LogP contribution in [0, 0.1) is 5.92 Å². The van der Waals surface area contributed by atoms with Crippen molar-refractivity contribution in [2.45, 2.75) is 25.7 Å². The van der Waals surface area contributed by atoms with Gasteiger partial charge in [0.1, 0.15) is 11.4 Å². The predicted octanol–water partition coefficient (Wildman–Crippen LogP) is 3.18. The topological polar surface area (TPSA) is 62.2 Å². The Morgan fingerprint density at radius 3 is 2.96 bits per heavy atom. The van der Waals surface area contributed by atoms with Crippen molar-refractivity contribution in [1.29, 1.82) is 0 Å². The van der Waals surface area contributed by atoms with Crippen LogP contribution in [0.5, 0.6) is 0 Å². The molecule has 146 valence electrons. The molecule has 1 aliphatic rings. The molecule has 10 heteroatoms. The second-order valence-corrected chi connectivity index (χ2v) is 7.82. The Kier molecular flexibility index (Phi) is 5.90. The van der Waals surface area contributed by atoms with E-state index in [1.807, 2.05) is 6.92 Å². The Bertz CT molecular complexity index is 833. The average Bonchev–Trinajstić information content (AvgIpc) is 3.04. The van der Waals surface area contributed by atoms with E-state index in [-0.39, 0.29) is 23.9 Å². The highest BCUT2D eigenvalue weighted by Crippen LogP contribution is 2.50. The molecular weight excluding hydrogens is 398 g/mol. The fourth-order valence-corrected chi connectivity index (χ4v) is 4.06. The summed E-state index contributed by atoms with van der Waals surface area (Å²) >= 11 is 7.58. The van der Waals surface area contributed by atoms with Crippen LogP contribution in [0.15, 0.2) is 30.7 Å². The largest absolute Gasteiger partial charge is 0.308 e. The number of hydrogen-bond acceptors (Lipinski definition) is 4. The molecule has 0 aliphatic heterocycles. The second-order valence-electron chi connectivity index (χ2n) is 6.32. The van der Waals surface area contributed by atoms with Gasteiger partial charge in [-0.1, -0.05) is 11.6 Å². The van der Waals surface area contributed by atoms with Crippen LogP contribution in [-0.4, -0.2) is 44.9 Å². The van der Waals surface area contributed by atoms with Crippen molar-refractivity contribution in [3.05, 3.63) is 35.9 Å². The third-order valence-corrected chi connectivity index (χ3v) is 5.73. The number of nitrogens with zero attached hydrogens (tertiary/aromatic N) is 4. The van der Waals surface area contributed by atoms with Gasteiger partial charge in [0.05, 0.1) is 6.20 Å². The fourth-order valence-electron chi connectivity index (χ4n) is 2.70. The Balaban J connectivity index is 1.61. The molecule has 0 saturated heterocycles. The molecule has 2 aromatic rings. The molecule has 1 aliphatic carbocycles. The summed E-state index contributed by atoms with van der Waals surface area (Å²) in [6.45, 7) is 2.23. The maximum Gasteiger partial charge on any atom is 0.252 e. The van der Waals surface area contributed by atoms with Crippen LogP contribution < -0.4 is 9.63 Å². The number of rotatable bonds is 8. The molecule has 1 amide bonds. The first-order valence-electron chi connectivity index (χ1n) is 8.54. The molecule has 2 aromatic heterocycles. The van der Waals surface area contributed by atoms with Gasteiger partial charge in [-0.3, -0.25) is 10.0 Å². The zero-order valence-electron chi connectivity index (χ0n) is 14.7. The van der Waals surface area contributed by atoms with Crippen molar-refractivity contribution in [3.8, 4) is 5.69 Å². The third-order valence-electron chi connectivity index (χ3n) is 4.33. The Morgan fingerprint density at radius 1 is 1.59 bits per heavy atom. The Morgan fingerprint density at radius 2 is 2.33 bits per heavy atom. The van der Waals surface area contributed by atoms with Gasteiger partial charge in [0.2, 0.25) is 18.3 Å². The number of halogens is 3.